The first-order chi connectivity index (χ1) is 12.7. The van der Waals surface area contributed by atoms with Crippen LogP contribution in [0.3, 0.4) is 0 Å². The highest BCUT2D eigenvalue weighted by Crippen LogP contribution is 2.24. The first-order valence-corrected chi connectivity index (χ1v) is 9.11. The van der Waals surface area contributed by atoms with Crippen molar-refractivity contribution in [2.75, 3.05) is 13.1 Å². The van der Waals surface area contributed by atoms with Crippen LogP contribution in [0.4, 0.5) is 0 Å². The molecule has 3 amide bonds. The van der Waals surface area contributed by atoms with Gasteiger partial charge >= 0.3 is 0 Å². The maximum Gasteiger partial charge on any atom is 0.226 e. The highest BCUT2D eigenvalue weighted by molar-refractivity contribution is 5.90. The molecule has 1 aliphatic rings. The molecule has 0 radical (unpaired) electrons. The summed E-state index contributed by atoms with van der Waals surface area (Å²) in [5, 5.41) is 4.08. The van der Waals surface area contributed by atoms with Gasteiger partial charge in [0, 0.05) is 42.5 Å². The van der Waals surface area contributed by atoms with Crippen LogP contribution < -0.4 is 11.1 Å². The van der Waals surface area contributed by atoms with E-state index in [0.717, 1.165) is 22.0 Å². The van der Waals surface area contributed by atoms with Crippen LogP contribution in [0.25, 0.3) is 10.9 Å². The van der Waals surface area contributed by atoms with Crippen molar-refractivity contribution in [2.45, 2.75) is 39.2 Å². The minimum atomic E-state index is -0.485. The monoisotopic (exact) mass is 370 g/mol. The number of nitrogens with zero attached hydrogens (tertiary/aromatic N) is 1. The van der Waals surface area contributed by atoms with Crippen LogP contribution in [-0.4, -0.2) is 46.2 Å². The SMILES string of the molecule is Cc1ccc2c(CC(=O)NC3(C)CN(C(=O)C(C)CC(N)=O)C3)c[nH]c2c1. The predicted octanol–water partition coefficient (Wildman–Crippen LogP) is 1.25. The van der Waals surface area contributed by atoms with E-state index in [4.69, 9.17) is 5.73 Å². The molecule has 27 heavy (non-hydrogen) atoms. The third-order valence-electron chi connectivity index (χ3n) is 5.04. The molecule has 1 unspecified atom stereocenters. The summed E-state index contributed by atoms with van der Waals surface area (Å²) < 4.78 is 0. The molecule has 1 aromatic carbocycles. The number of rotatable bonds is 6. The van der Waals surface area contributed by atoms with Crippen molar-refractivity contribution in [3.05, 3.63) is 35.5 Å². The number of hydrogen-bond acceptors (Lipinski definition) is 3. The molecule has 1 atom stereocenters. The number of H-pyrrole nitrogens is 1. The van der Waals surface area contributed by atoms with Gasteiger partial charge in [0.2, 0.25) is 17.7 Å². The fourth-order valence-electron chi connectivity index (χ4n) is 3.73. The third-order valence-corrected chi connectivity index (χ3v) is 5.04. The topological polar surface area (TPSA) is 108 Å². The second kappa shape index (κ2) is 7.06. The van der Waals surface area contributed by atoms with Crippen LogP contribution >= 0.6 is 0 Å². The Labute approximate surface area is 158 Å². The highest BCUT2D eigenvalue weighted by Gasteiger charge is 2.43. The van der Waals surface area contributed by atoms with Crippen molar-refractivity contribution in [1.29, 1.82) is 0 Å². The number of amides is 3. The number of carbonyl (C=O) groups is 3. The van der Waals surface area contributed by atoms with Crippen LogP contribution in [-0.2, 0) is 20.8 Å². The van der Waals surface area contributed by atoms with Gasteiger partial charge in [0.15, 0.2) is 0 Å². The molecule has 0 aliphatic carbocycles. The van der Waals surface area contributed by atoms with E-state index in [1.807, 2.05) is 32.2 Å². The van der Waals surface area contributed by atoms with E-state index in [9.17, 15) is 14.4 Å². The van der Waals surface area contributed by atoms with Gasteiger partial charge in [-0.15, -0.1) is 0 Å². The van der Waals surface area contributed by atoms with Gasteiger partial charge in [0.1, 0.15) is 0 Å². The van der Waals surface area contributed by atoms with Crippen LogP contribution in [0.15, 0.2) is 24.4 Å². The van der Waals surface area contributed by atoms with Gasteiger partial charge in [-0.1, -0.05) is 19.1 Å². The lowest BCUT2D eigenvalue weighted by molar-refractivity contribution is -0.146. The molecule has 144 valence electrons. The van der Waals surface area contributed by atoms with Gasteiger partial charge in [-0.2, -0.15) is 0 Å². The molecule has 0 saturated carbocycles. The highest BCUT2D eigenvalue weighted by atomic mass is 16.2. The van der Waals surface area contributed by atoms with E-state index in [1.165, 1.54) is 0 Å². The van der Waals surface area contributed by atoms with Crippen molar-refractivity contribution in [2.24, 2.45) is 11.7 Å². The Hall–Kier alpha value is -2.83. The van der Waals surface area contributed by atoms with Crippen LogP contribution in [0.5, 0.6) is 0 Å². The summed E-state index contributed by atoms with van der Waals surface area (Å²) in [6.45, 7) is 6.52. The van der Waals surface area contributed by atoms with Gasteiger partial charge in [0.05, 0.1) is 12.0 Å². The molecule has 4 N–H and O–H groups in total. The molecule has 1 saturated heterocycles. The average Bonchev–Trinajstić information content (AvgIpc) is 2.92. The van der Waals surface area contributed by atoms with E-state index in [0.29, 0.717) is 13.1 Å². The molecule has 1 fully saturated rings. The first kappa shape index (κ1) is 18.9. The number of nitrogens with one attached hydrogen (secondary N) is 2. The Balaban J connectivity index is 1.55. The molecular weight excluding hydrogens is 344 g/mol. The smallest absolute Gasteiger partial charge is 0.226 e. The summed E-state index contributed by atoms with van der Waals surface area (Å²) in [5.41, 5.74) is 7.85. The number of fused-ring (bicyclic) bond motifs is 1. The molecule has 3 rings (SSSR count). The molecular formula is C20H26N4O3. The Bertz CT molecular complexity index is 896. The van der Waals surface area contributed by atoms with Crippen molar-refractivity contribution < 1.29 is 14.4 Å². The minimum absolute atomic E-state index is 0.0401. The number of aromatic nitrogens is 1. The van der Waals surface area contributed by atoms with E-state index >= 15 is 0 Å². The first-order valence-electron chi connectivity index (χ1n) is 9.11. The number of nitrogens with two attached hydrogens (primary N) is 1. The number of aryl methyl sites for hydroxylation is 1. The molecule has 7 nitrogen and oxygen atoms in total. The zero-order chi connectivity index (χ0) is 19.8. The number of aromatic amines is 1. The number of benzene rings is 1. The maximum atomic E-state index is 12.5. The zero-order valence-corrected chi connectivity index (χ0v) is 16.0. The van der Waals surface area contributed by atoms with Crippen molar-refractivity contribution in [3.8, 4) is 0 Å². The maximum absolute atomic E-state index is 12.5. The molecule has 1 aliphatic heterocycles. The Morgan fingerprint density at radius 3 is 2.70 bits per heavy atom. The summed E-state index contributed by atoms with van der Waals surface area (Å²) in [5.74, 6) is -1.09. The average molecular weight is 370 g/mol. The van der Waals surface area contributed by atoms with Gasteiger partial charge in [0.25, 0.3) is 0 Å². The van der Waals surface area contributed by atoms with Gasteiger partial charge in [-0.05, 0) is 31.0 Å². The van der Waals surface area contributed by atoms with E-state index in [-0.39, 0.29) is 24.7 Å². The number of likely N-dealkylation sites (tertiary alicyclic amines) is 1. The van der Waals surface area contributed by atoms with E-state index < -0.39 is 17.4 Å². The molecule has 7 heteroatoms. The van der Waals surface area contributed by atoms with E-state index in [2.05, 4.69) is 16.4 Å². The van der Waals surface area contributed by atoms with Crippen molar-refractivity contribution in [1.82, 2.24) is 15.2 Å². The van der Waals surface area contributed by atoms with E-state index in [1.54, 1.807) is 11.8 Å². The largest absolute Gasteiger partial charge is 0.370 e. The van der Waals surface area contributed by atoms with Gasteiger partial charge in [-0.3, -0.25) is 14.4 Å². The number of primary amides is 1. The number of hydrogen-bond donors (Lipinski definition) is 3. The lowest BCUT2D eigenvalue weighted by Crippen LogP contribution is -2.70. The lowest BCUT2D eigenvalue weighted by atomic mass is 9.89. The molecule has 1 aromatic heterocycles. The molecule has 0 spiro atoms. The fourth-order valence-corrected chi connectivity index (χ4v) is 3.73. The number of carbonyl (C=O) groups excluding carboxylic acids is 3. The summed E-state index contributed by atoms with van der Waals surface area (Å²) in [6, 6.07) is 6.11. The zero-order valence-electron chi connectivity index (χ0n) is 16.0. The normalized spacial score (nSPS) is 16.6. The second-order valence-electron chi connectivity index (χ2n) is 7.91. The Kier molecular flexibility index (Phi) is 4.95. The second-order valence-corrected chi connectivity index (χ2v) is 7.91. The lowest BCUT2D eigenvalue weighted by Gasteiger charge is -2.49. The van der Waals surface area contributed by atoms with Gasteiger partial charge in [-0.25, -0.2) is 0 Å². The molecule has 2 heterocycles. The quantitative estimate of drug-likeness (QED) is 0.712. The fraction of sp³-hybridized carbons (Fsp3) is 0.450. The summed E-state index contributed by atoms with van der Waals surface area (Å²) in [4.78, 5) is 40.6. The van der Waals surface area contributed by atoms with Crippen LogP contribution in [0.2, 0.25) is 0 Å². The molecule has 0 bridgehead atoms. The summed E-state index contributed by atoms with van der Waals surface area (Å²) in [7, 11) is 0. The third kappa shape index (κ3) is 4.13. The summed E-state index contributed by atoms with van der Waals surface area (Å²) in [6.07, 6.45) is 2.19. The van der Waals surface area contributed by atoms with Crippen LogP contribution in [0, 0.1) is 12.8 Å². The Morgan fingerprint density at radius 2 is 2.04 bits per heavy atom. The van der Waals surface area contributed by atoms with Crippen LogP contribution in [0.1, 0.15) is 31.4 Å². The standard InChI is InChI=1S/C20H26N4O3/c1-12-4-5-15-14(9-22-16(15)6-12)8-18(26)23-20(3)10-24(11-20)19(27)13(2)7-17(21)25/h4-6,9,13,22H,7-8,10-11H2,1-3H3,(H2,21,25)(H,23,26). The van der Waals surface area contributed by atoms with Crippen molar-refractivity contribution >= 4 is 28.6 Å². The van der Waals surface area contributed by atoms with Gasteiger partial charge < -0.3 is 20.9 Å². The molecule has 2 aromatic rings. The minimum Gasteiger partial charge on any atom is -0.370 e. The predicted molar refractivity (Wildman–Crippen MR) is 103 cm³/mol. The van der Waals surface area contributed by atoms with Crippen molar-refractivity contribution in [3.63, 3.8) is 0 Å². The Morgan fingerprint density at radius 1 is 1.33 bits per heavy atom. The summed E-state index contributed by atoms with van der Waals surface area (Å²) >= 11 is 0.